The molecule has 3 nitrogen and oxygen atoms in total. The minimum atomic E-state index is 0.187. The van der Waals surface area contributed by atoms with Gasteiger partial charge in [0.25, 0.3) is 0 Å². The Hall–Kier alpha value is -1.35. The van der Waals surface area contributed by atoms with Gasteiger partial charge in [0.2, 0.25) is 5.91 Å². The molecule has 1 amide bonds. The maximum absolute atomic E-state index is 12.4. The quantitative estimate of drug-likeness (QED) is 0.846. The summed E-state index contributed by atoms with van der Waals surface area (Å²) in [5, 5.41) is 6.69. The van der Waals surface area contributed by atoms with E-state index in [0.717, 1.165) is 19.6 Å². The highest BCUT2D eigenvalue weighted by Crippen LogP contribution is 2.43. The van der Waals surface area contributed by atoms with Crippen molar-refractivity contribution in [3.63, 3.8) is 0 Å². The molecule has 1 saturated heterocycles. The summed E-state index contributed by atoms with van der Waals surface area (Å²) in [7, 11) is 0. The van der Waals surface area contributed by atoms with E-state index in [4.69, 9.17) is 0 Å². The first kappa shape index (κ1) is 16.5. The number of rotatable bonds is 6. The molecule has 0 bridgehead atoms. The number of piperidine rings is 1. The van der Waals surface area contributed by atoms with Crippen LogP contribution in [0.2, 0.25) is 0 Å². The van der Waals surface area contributed by atoms with Gasteiger partial charge in [-0.25, -0.2) is 0 Å². The molecule has 2 atom stereocenters. The summed E-state index contributed by atoms with van der Waals surface area (Å²) < 4.78 is 0. The van der Waals surface area contributed by atoms with Gasteiger partial charge in [0.1, 0.15) is 0 Å². The fourth-order valence-corrected chi connectivity index (χ4v) is 4.13. The molecule has 3 heteroatoms. The Morgan fingerprint density at radius 1 is 1.30 bits per heavy atom. The molecule has 1 aromatic carbocycles. The molecule has 126 valence electrons. The summed E-state index contributed by atoms with van der Waals surface area (Å²) in [5.41, 5.74) is 1.57. The van der Waals surface area contributed by atoms with Crippen LogP contribution in [0.1, 0.15) is 51.0 Å². The van der Waals surface area contributed by atoms with E-state index in [1.165, 1.54) is 37.7 Å². The Morgan fingerprint density at radius 2 is 2.09 bits per heavy atom. The third kappa shape index (κ3) is 3.95. The lowest BCUT2D eigenvalue weighted by Gasteiger charge is -2.42. The first-order valence-corrected chi connectivity index (χ1v) is 9.23. The number of benzene rings is 1. The van der Waals surface area contributed by atoms with E-state index in [1.807, 2.05) is 0 Å². The smallest absolute Gasteiger partial charge is 0.220 e. The zero-order valence-electron chi connectivity index (χ0n) is 14.3. The molecule has 1 aliphatic heterocycles. The van der Waals surface area contributed by atoms with Crippen molar-refractivity contribution in [1.29, 1.82) is 0 Å². The van der Waals surface area contributed by atoms with E-state index in [-0.39, 0.29) is 11.3 Å². The molecule has 0 spiro atoms. The minimum absolute atomic E-state index is 0.187. The van der Waals surface area contributed by atoms with Gasteiger partial charge in [-0.15, -0.1) is 0 Å². The van der Waals surface area contributed by atoms with Gasteiger partial charge in [-0.3, -0.25) is 4.79 Å². The summed E-state index contributed by atoms with van der Waals surface area (Å²) in [6, 6.07) is 10.7. The standard InChI is InChI=1S/C20H30N2O/c1-16(17-7-5-12-21-14-17)13-19(23)22-15-20(10-6-11-20)18-8-3-2-4-9-18/h2-4,8-9,16-17,21H,5-7,10-15H2,1H3,(H,22,23). The van der Waals surface area contributed by atoms with Crippen LogP contribution < -0.4 is 10.6 Å². The van der Waals surface area contributed by atoms with E-state index < -0.39 is 0 Å². The highest BCUT2D eigenvalue weighted by Gasteiger charge is 2.38. The van der Waals surface area contributed by atoms with Crippen molar-refractivity contribution >= 4 is 5.91 Å². The third-order valence-electron chi connectivity index (χ3n) is 5.97. The van der Waals surface area contributed by atoms with Crippen molar-refractivity contribution in [2.45, 2.75) is 50.9 Å². The summed E-state index contributed by atoms with van der Waals surface area (Å²) in [5.74, 6) is 1.35. The van der Waals surface area contributed by atoms with Gasteiger partial charge >= 0.3 is 0 Å². The molecule has 0 aromatic heterocycles. The number of nitrogens with one attached hydrogen (secondary N) is 2. The van der Waals surface area contributed by atoms with Gasteiger partial charge in [-0.05, 0) is 56.2 Å². The highest BCUT2D eigenvalue weighted by molar-refractivity contribution is 5.76. The molecular weight excluding hydrogens is 284 g/mol. The summed E-state index contributed by atoms with van der Waals surface area (Å²) in [4.78, 5) is 12.4. The van der Waals surface area contributed by atoms with Crippen LogP contribution in [0.25, 0.3) is 0 Å². The van der Waals surface area contributed by atoms with E-state index >= 15 is 0 Å². The van der Waals surface area contributed by atoms with Crippen molar-refractivity contribution in [2.75, 3.05) is 19.6 Å². The van der Waals surface area contributed by atoms with E-state index in [1.54, 1.807) is 0 Å². The fraction of sp³-hybridized carbons (Fsp3) is 0.650. The van der Waals surface area contributed by atoms with Gasteiger partial charge in [0.05, 0.1) is 0 Å². The van der Waals surface area contributed by atoms with Crippen LogP contribution in [0.4, 0.5) is 0 Å². The second-order valence-corrected chi connectivity index (χ2v) is 7.56. The number of carbonyl (C=O) groups excluding carboxylic acids is 1. The molecule has 2 N–H and O–H groups in total. The monoisotopic (exact) mass is 314 g/mol. The van der Waals surface area contributed by atoms with Crippen molar-refractivity contribution in [3.05, 3.63) is 35.9 Å². The Morgan fingerprint density at radius 3 is 2.70 bits per heavy atom. The number of hydrogen-bond donors (Lipinski definition) is 2. The zero-order valence-corrected chi connectivity index (χ0v) is 14.3. The largest absolute Gasteiger partial charge is 0.355 e. The lowest BCUT2D eigenvalue weighted by atomic mass is 9.64. The first-order chi connectivity index (χ1) is 11.2. The second-order valence-electron chi connectivity index (χ2n) is 7.56. The number of amides is 1. The van der Waals surface area contributed by atoms with Crippen LogP contribution in [-0.4, -0.2) is 25.5 Å². The van der Waals surface area contributed by atoms with Crippen LogP contribution in [0.5, 0.6) is 0 Å². The Labute approximate surface area is 140 Å². The molecule has 23 heavy (non-hydrogen) atoms. The van der Waals surface area contributed by atoms with Crippen LogP contribution in [0, 0.1) is 11.8 Å². The van der Waals surface area contributed by atoms with Crippen LogP contribution in [0.15, 0.2) is 30.3 Å². The molecule has 1 heterocycles. The number of carbonyl (C=O) groups is 1. The van der Waals surface area contributed by atoms with Crippen molar-refractivity contribution in [1.82, 2.24) is 10.6 Å². The summed E-state index contributed by atoms with van der Waals surface area (Å²) in [6.45, 7) is 5.23. The second kappa shape index (κ2) is 7.48. The Balaban J connectivity index is 1.50. The predicted molar refractivity (Wildman–Crippen MR) is 94.4 cm³/mol. The average Bonchev–Trinajstić information content (AvgIpc) is 2.55. The zero-order chi connectivity index (χ0) is 16.1. The van der Waals surface area contributed by atoms with Gasteiger partial charge in [0, 0.05) is 18.4 Å². The average molecular weight is 314 g/mol. The molecule has 1 aliphatic carbocycles. The van der Waals surface area contributed by atoms with E-state index in [2.05, 4.69) is 47.9 Å². The normalized spacial score (nSPS) is 24.5. The van der Waals surface area contributed by atoms with Crippen LogP contribution in [-0.2, 0) is 10.2 Å². The maximum Gasteiger partial charge on any atom is 0.220 e. The molecule has 2 aliphatic rings. The lowest BCUT2D eigenvalue weighted by molar-refractivity contribution is -0.122. The van der Waals surface area contributed by atoms with Crippen LogP contribution >= 0.6 is 0 Å². The SMILES string of the molecule is CC(CC(=O)NCC1(c2ccccc2)CCC1)C1CCCNC1. The van der Waals surface area contributed by atoms with E-state index in [0.29, 0.717) is 18.3 Å². The van der Waals surface area contributed by atoms with Gasteiger partial charge in [0.15, 0.2) is 0 Å². The molecule has 2 unspecified atom stereocenters. The molecule has 1 saturated carbocycles. The molecule has 1 aromatic rings. The Kier molecular flexibility index (Phi) is 5.37. The van der Waals surface area contributed by atoms with Crippen LogP contribution in [0.3, 0.4) is 0 Å². The summed E-state index contributed by atoms with van der Waals surface area (Å²) in [6.07, 6.45) is 6.83. The van der Waals surface area contributed by atoms with Gasteiger partial charge < -0.3 is 10.6 Å². The predicted octanol–water partition coefficient (Wildman–Crippen LogP) is 3.25. The van der Waals surface area contributed by atoms with E-state index in [9.17, 15) is 4.79 Å². The molecule has 2 fully saturated rings. The third-order valence-corrected chi connectivity index (χ3v) is 5.97. The maximum atomic E-state index is 12.4. The molecule has 0 radical (unpaired) electrons. The topological polar surface area (TPSA) is 41.1 Å². The van der Waals surface area contributed by atoms with Gasteiger partial charge in [-0.2, -0.15) is 0 Å². The molecular formula is C20H30N2O. The van der Waals surface area contributed by atoms with Crippen molar-refractivity contribution in [3.8, 4) is 0 Å². The fourth-order valence-electron chi connectivity index (χ4n) is 4.13. The van der Waals surface area contributed by atoms with Crippen molar-refractivity contribution < 1.29 is 4.79 Å². The lowest BCUT2D eigenvalue weighted by Crippen LogP contribution is -2.46. The highest BCUT2D eigenvalue weighted by atomic mass is 16.1. The molecule has 3 rings (SSSR count). The van der Waals surface area contributed by atoms with Crippen molar-refractivity contribution in [2.24, 2.45) is 11.8 Å². The minimum Gasteiger partial charge on any atom is -0.355 e. The Bertz CT molecular complexity index is 504. The summed E-state index contributed by atoms with van der Waals surface area (Å²) >= 11 is 0. The first-order valence-electron chi connectivity index (χ1n) is 9.23. The van der Waals surface area contributed by atoms with Gasteiger partial charge in [-0.1, -0.05) is 43.7 Å². The number of hydrogen-bond acceptors (Lipinski definition) is 2.